The third-order valence-electron chi connectivity index (χ3n) is 8.01. The standard InChI is InChI=1S/C32H36ClN5O7S/c1-21-5-4-6-22(2)31(21)45-18-15-37-28-10-7-24(33)19-26(28)23(3)30(37)32(39)35-46(42,43)25-8-9-27(29(20-25)38(40)41)34-11-12-36-13-16-44-17-14-36/h4-10,19-20,34H,11-18H2,1-3H3,(H,35,39). The van der Waals surface area contributed by atoms with Gasteiger partial charge in [0.05, 0.1) is 29.6 Å². The molecule has 1 aliphatic heterocycles. The van der Waals surface area contributed by atoms with Gasteiger partial charge in [-0.1, -0.05) is 29.8 Å². The van der Waals surface area contributed by atoms with Crippen molar-refractivity contribution in [1.82, 2.24) is 14.2 Å². The molecule has 1 amide bonds. The third-order valence-corrected chi connectivity index (χ3v) is 9.58. The zero-order valence-electron chi connectivity index (χ0n) is 25.8. The van der Waals surface area contributed by atoms with Crippen LogP contribution in [-0.2, 0) is 21.3 Å². The number of anilines is 1. The Balaban J connectivity index is 1.38. The van der Waals surface area contributed by atoms with E-state index in [-0.39, 0.29) is 24.5 Å². The number of fused-ring (bicyclic) bond motifs is 1. The number of benzene rings is 3. The zero-order valence-corrected chi connectivity index (χ0v) is 27.4. The van der Waals surface area contributed by atoms with Gasteiger partial charge >= 0.3 is 0 Å². The lowest BCUT2D eigenvalue weighted by Crippen LogP contribution is -2.39. The van der Waals surface area contributed by atoms with Gasteiger partial charge in [-0.3, -0.25) is 19.8 Å². The summed E-state index contributed by atoms with van der Waals surface area (Å²) < 4.78 is 42.1. The van der Waals surface area contributed by atoms with E-state index in [0.29, 0.717) is 47.8 Å². The van der Waals surface area contributed by atoms with Gasteiger partial charge in [0.1, 0.15) is 23.7 Å². The average Bonchev–Trinajstić information content (AvgIpc) is 3.29. The molecule has 12 nitrogen and oxygen atoms in total. The van der Waals surface area contributed by atoms with E-state index in [1.54, 1.807) is 29.7 Å². The summed E-state index contributed by atoms with van der Waals surface area (Å²) in [6.07, 6.45) is 0. The second-order valence-corrected chi connectivity index (χ2v) is 13.2. The van der Waals surface area contributed by atoms with E-state index in [9.17, 15) is 23.3 Å². The molecule has 2 N–H and O–H groups in total. The SMILES string of the molecule is Cc1cccc(C)c1OCCn1c(C(=O)NS(=O)(=O)c2ccc(NCCN3CCOCC3)c([N+](=O)[O-])c2)c(C)c2cc(Cl)ccc21. The number of hydrogen-bond acceptors (Lipinski definition) is 9. The number of aryl methyl sites for hydroxylation is 3. The number of amides is 1. The lowest BCUT2D eigenvalue weighted by atomic mass is 10.1. The van der Waals surface area contributed by atoms with E-state index >= 15 is 0 Å². The van der Waals surface area contributed by atoms with Gasteiger partial charge in [-0.2, -0.15) is 0 Å². The number of para-hydroxylation sites is 1. The molecule has 1 aliphatic rings. The highest BCUT2D eigenvalue weighted by atomic mass is 35.5. The van der Waals surface area contributed by atoms with Crippen LogP contribution in [0.4, 0.5) is 11.4 Å². The smallest absolute Gasteiger partial charge is 0.293 e. The monoisotopic (exact) mass is 669 g/mol. The van der Waals surface area contributed by atoms with Crippen LogP contribution < -0.4 is 14.8 Å². The summed E-state index contributed by atoms with van der Waals surface area (Å²) >= 11 is 6.26. The van der Waals surface area contributed by atoms with Gasteiger partial charge in [-0.25, -0.2) is 13.1 Å². The number of hydrogen-bond donors (Lipinski definition) is 2. The van der Waals surface area contributed by atoms with Crippen molar-refractivity contribution < 1.29 is 27.6 Å². The van der Waals surface area contributed by atoms with Crippen molar-refractivity contribution in [3.05, 3.63) is 92.1 Å². The highest BCUT2D eigenvalue weighted by Gasteiger charge is 2.28. The second kappa shape index (κ2) is 14.1. The number of nitro groups is 1. The number of nitro benzene ring substituents is 1. The molecule has 1 saturated heterocycles. The van der Waals surface area contributed by atoms with Crippen LogP contribution in [-0.4, -0.2) is 74.7 Å². The van der Waals surface area contributed by atoms with Gasteiger partial charge in [0.25, 0.3) is 21.6 Å². The van der Waals surface area contributed by atoms with Gasteiger partial charge in [-0.05, 0) is 67.8 Å². The molecule has 0 aliphatic carbocycles. The van der Waals surface area contributed by atoms with E-state index in [2.05, 4.69) is 14.9 Å². The molecule has 1 fully saturated rings. The molecule has 0 saturated carbocycles. The van der Waals surface area contributed by atoms with E-state index in [1.165, 1.54) is 12.1 Å². The number of nitrogens with zero attached hydrogens (tertiary/aromatic N) is 3. The number of sulfonamides is 1. The lowest BCUT2D eigenvalue weighted by molar-refractivity contribution is -0.384. The Morgan fingerprint density at radius 2 is 1.76 bits per heavy atom. The van der Waals surface area contributed by atoms with Crippen molar-refractivity contribution in [3.63, 3.8) is 0 Å². The molecule has 46 heavy (non-hydrogen) atoms. The number of carbonyl (C=O) groups is 1. The zero-order chi connectivity index (χ0) is 33.0. The van der Waals surface area contributed by atoms with Gasteiger partial charge in [0.2, 0.25) is 0 Å². The number of ether oxygens (including phenoxy) is 2. The summed E-state index contributed by atoms with van der Waals surface area (Å²) in [5.74, 6) is -0.139. The van der Waals surface area contributed by atoms with Crippen molar-refractivity contribution in [2.45, 2.75) is 32.2 Å². The molecular weight excluding hydrogens is 634 g/mol. The van der Waals surface area contributed by atoms with Crippen molar-refractivity contribution in [2.75, 3.05) is 51.3 Å². The van der Waals surface area contributed by atoms with Crippen molar-refractivity contribution in [1.29, 1.82) is 0 Å². The Labute approximate surface area is 272 Å². The van der Waals surface area contributed by atoms with Crippen LogP contribution in [0.15, 0.2) is 59.5 Å². The minimum absolute atomic E-state index is 0.113. The maximum Gasteiger partial charge on any atom is 0.293 e. The molecule has 2 heterocycles. The molecule has 14 heteroatoms. The van der Waals surface area contributed by atoms with E-state index in [1.807, 2.05) is 32.0 Å². The molecule has 5 rings (SSSR count). The van der Waals surface area contributed by atoms with Crippen molar-refractivity contribution in [2.24, 2.45) is 0 Å². The maximum atomic E-state index is 13.7. The predicted octanol–water partition coefficient (Wildman–Crippen LogP) is 5.07. The fourth-order valence-electron chi connectivity index (χ4n) is 5.67. The summed E-state index contributed by atoms with van der Waals surface area (Å²) in [7, 11) is -4.50. The Kier molecular flexibility index (Phi) is 10.2. The first kappa shape index (κ1) is 33.2. The van der Waals surface area contributed by atoms with Gasteiger partial charge in [0.15, 0.2) is 0 Å². The molecule has 1 aromatic heterocycles. The summed E-state index contributed by atoms with van der Waals surface area (Å²) in [6.45, 7) is 9.91. The summed E-state index contributed by atoms with van der Waals surface area (Å²) in [6, 6.07) is 14.5. The summed E-state index contributed by atoms with van der Waals surface area (Å²) in [4.78, 5) is 26.7. The number of halogens is 1. The fourth-order valence-corrected chi connectivity index (χ4v) is 6.81. The van der Waals surface area contributed by atoms with Gasteiger partial charge < -0.3 is 19.4 Å². The van der Waals surface area contributed by atoms with E-state index in [0.717, 1.165) is 36.0 Å². The van der Waals surface area contributed by atoms with Crippen LogP contribution in [0.2, 0.25) is 5.02 Å². The number of carbonyl (C=O) groups excluding carboxylic acids is 1. The number of morpholine rings is 1. The summed E-state index contributed by atoms with van der Waals surface area (Å²) in [5, 5.41) is 16.1. The Hall–Kier alpha value is -4.17. The normalized spacial score (nSPS) is 13.9. The topological polar surface area (TPSA) is 145 Å². The molecular formula is C32H36ClN5O7S. The van der Waals surface area contributed by atoms with Crippen LogP contribution in [0.1, 0.15) is 27.2 Å². The first-order chi connectivity index (χ1) is 22.0. The maximum absolute atomic E-state index is 13.7. The first-order valence-electron chi connectivity index (χ1n) is 14.8. The molecule has 4 aromatic rings. The Morgan fingerprint density at radius 1 is 1.04 bits per heavy atom. The number of aromatic nitrogens is 1. The molecule has 3 aromatic carbocycles. The van der Waals surface area contributed by atoms with Crippen LogP contribution in [0.5, 0.6) is 5.75 Å². The fraction of sp³-hybridized carbons (Fsp3) is 0.344. The van der Waals surface area contributed by atoms with Crippen molar-refractivity contribution in [3.8, 4) is 5.75 Å². The largest absolute Gasteiger partial charge is 0.491 e. The minimum atomic E-state index is -4.50. The predicted molar refractivity (Wildman–Crippen MR) is 177 cm³/mol. The summed E-state index contributed by atoms with van der Waals surface area (Å²) in [5.41, 5.74) is 3.03. The van der Waals surface area contributed by atoms with Crippen LogP contribution in [0.25, 0.3) is 10.9 Å². The minimum Gasteiger partial charge on any atom is -0.491 e. The quantitative estimate of drug-likeness (QED) is 0.156. The van der Waals surface area contributed by atoms with Crippen LogP contribution in [0.3, 0.4) is 0 Å². The molecule has 0 bridgehead atoms. The first-order valence-corrected chi connectivity index (χ1v) is 16.7. The Morgan fingerprint density at radius 3 is 2.46 bits per heavy atom. The van der Waals surface area contributed by atoms with Crippen molar-refractivity contribution >= 4 is 49.8 Å². The molecule has 0 unspecified atom stereocenters. The Bertz CT molecular complexity index is 1870. The highest BCUT2D eigenvalue weighted by molar-refractivity contribution is 7.90. The molecule has 244 valence electrons. The molecule has 0 atom stereocenters. The van der Waals surface area contributed by atoms with Gasteiger partial charge in [0, 0.05) is 48.2 Å². The molecule has 0 spiro atoms. The van der Waals surface area contributed by atoms with Crippen LogP contribution >= 0.6 is 11.6 Å². The number of rotatable bonds is 12. The highest BCUT2D eigenvalue weighted by Crippen LogP contribution is 2.31. The average molecular weight is 670 g/mol. The number of nitrogens with one attached hydrogen (secondary N) is 2. The van der Waals surface area contributed by atoms with Crippen LogP contribution in [0, 0.1) is 30.9 Å². The second-order valence-electron chi connectivity index (χ2n) is 11.1. The molecule has 0 radical (unpaired) electrons. The van der Waals surface area contributed by atoms with Gasteiger partial charge in [-0.15, -0.1) is 0 Å². The lowest BCUT2D eigenvalue weighted by Gasteiger charge is -2.26. The third kappa shape index (κ3) is 7.28. The van der Waals surface area contributed by atoms with E-state index < -0.39 is 31.4 Å². The van der Waals surface area contributed by atoms with E-state index in [4.69, 9.17) is 21.1 Å².